The van der Waals surface area contributed by atoms with Gasteiger partial charge in [0, 0.05) is 5.02 Å². The number of methoxy groups -OCH3 is 1. The van der Waals surface area contributed by atoms with Crippen molar-refractivity contribution in [3.8, 4) is 5.75 Å². The van der Waals surface area contributed by atoms with Crippen LogP contribution in [-0.4, -0.2) is 19.0 Å². The van der Waals surface area contributed by atoms with Crippen LogP contribution in [0, 0.1) is 0 Å². The molecule has 2 aromatic rings. The summed E-state index contributed by atoms with van der Waals surface area (Å²) in [5.74, 6) is 0.345. The SMILES string of the molecule is COc1ccc(/C=C/C=C2\NC(=O)N(c3cccc(Cl)c3)C2=O)cc1. The van der Waals surface area contributed by atoms with Crippen molar-refractivity contribution in [2.75, 3.05) is 12.0 Å². The van der Waals surface area contributed by atoms with E-state index < -0.39 is 11.9 Å². The number of nitrogens with zero attached hydrogens (tertiary/aromatic N) is 1. The number of anilines is 1. The molecule has 0 aliphatic carbocycles. The van der Waals surface area contributed by atoms with E-state index >= 15 is 0 Å². The Bertz CT molecular complexity index is 872. The first-order chi connectivity index (χ1) is 12.1. The van der Waals surface area contributed by atoms with Crippen molar-refractivity contribution in [2.24, 2.45) is 0 Å². The van der Waals surface area contributed by atoms with Gasteiger partial charge in [0.2, 0.25) is 0 Å². The summed E-state index contributed by atoms with van der Waals surface area (Å²) in [6, 6.07) is 13.5. The van der Waals surface area contributed by atoms with E-state index in [9.17, 15) is 9.59 Å². The van der Waals surface area contributed by atoms with Gasteiger partial charge in [0.25, 0.3) is 5.91 Å². The van der Waals surface area contributed by atoms with Crippen molar-refractivity contribution in [3.63, 3.8) is 0 Å². The molecular weight excluding hydrogens is 340 g/mol. The van der Waals surface area contributed by atoms with Gasteiger partial charge in [-0.3, -0.25) is 4.79 Å². The fraction of sp³-hybridized carbons (Fsp3) is 0.0526. The number of rotatable bonds is 4. The largest absolute Gasteiger partial charge is 0.497 e. The predicted octanol–water partition coefficient (Wildman–Crippen LogP) is 4.00. The Morgan fingerprint density at radius 1 is 1.12 bits per heavy atom. The zero-order valence-electron chi connectivity index (χ0n) is 13.4. The van der Waals surface area contributed by atoms with Gasteiger partial charge in [-0.25, -0.2) is 9.69 Å². The number of allylic oxidation sites excluding steroid dienone is 2. The van der Waals surface area contributed by atoms with Gasteiger partial charge in [-0.15, -0.1) is 0 Å². The number of carbonyl (C=O) groups excluding carboxylic acids is 2. The van der Waals surface area contributed by atoms with Crippen molar-refractivity contribution in [1.82, 2.24) is 5.32 Å². The lowest BCUT2D eigenvalue weighted by Crippen LogP contribution is -2.30. The number of hydrogen-bond donors (Lipinski definition) is 1. The molecule has 0 atom stereocenters. The van der Waals surface area contributed by atoms with E-state index in [0.717, 1.165) is 16.2 Å². The van der Waals surface area contributed by atoms with Gasteiger partial charge in [-0.1, -0.05) is 42.0 Å². The van der Waals surface area contributed by atoms with Crippen LogP contribution in [0.15, 0.2) is 66.4 Å². The van der Waals surface area contributed by atoms with E-state index in [1.54, 1.807) is 43.5 Å². The fourth-order valence-electron chi connectivity index (χ4n) is 2.37. The number of ether oxygens (including phenoxy) is 1. The summed E-state index contributed by atoms with van der Waals surface area (Å²) in [6.07, 6.45) is 5.10. The lowest BCUT2D eigenvalue weighted by Gasteiger charge is -2.11. The van der Waals surface area contributed by atoms with E-state index in [2.05, 4.69) is 5.32 Å². The molecule has 25 heavy (non-hydrogen) atoms. The first-order valence-corrected chi connectivity index (χ1v) is 7.90. The fourth-order valence-corrected chi connectivity index (χ4v) is 2.55. The second-order valence-electron chi connectivity index (χ2n) is 5.26. The van der Waals surface area contributed by atoms with Gasteiger partial charge >= 0.3 is 6.03 Å². The number of halogens is 1. The number of urea groups is 1. The highest BCUT2D eigenvalue weighted by molar-refractivity contribution is 6.32. The Balaban J connectivity index is 1.76. The third kappa shape index (κ3) is 3.72. The summed E-state index contributed by atoms with van der Waals surface area (Å²) in [5, 5.41) is 3.01. The quantitative estimate of drug-likeness (QED) is 0.666. The van der Waals surface area contributed by atoms with Crippen LogP contribution in [0.3, 0.4) is 0 Å². The van der Waals surface area contributed by atoms with Crippen LogP contribution in [0.5, 0.6) is 5.75 Å². The topological polar surface area (TPSA) is 58.6 Å². The summed E-state index contributed by atoms with van der Waals surface area (Å²) < 4.78 is 5.10. The van der Waals surface area contributed by atoms with Crippen molar-refractivity contribution >= 4 is 35.3 Å². The molecule has 1 N–H and O–H groups in total. The molecule has 0 aromatic heterocycles. The molecular formula is C19H15ClN2O3. The third-order valence-electron chi connectivity index (χ3n) is 3.61. The van der Waals surface area contributed by atoms with Gasteiger partial charge in [-0.05, 0) is 42.0 Å². The van der Waals surface area contributed by atoms with E-state index in [1.165, 1.54) is 0 Å². The van der Waals surface area contributed by atoms with Crippen LogP contribution in [0.2, 0.25) is 5.02 Å². The maximum atomic E-state index is 12.4. The number of carbonyl (C=O) groups is 2. The Morgan fingerprint density at radius 2 is 1.88 bits per heavy atom. The summed E-state index contributed by atoms with van der Waals surface area (Å²) in [7, 11) is 1.61. The number of nitrogens with one attached hydrogen (secondary N) is 1. The molecule has 126 valence electrons. The van der Waals surface area contributed by atoms with Crippen LogP contribution in [-0.2, 0) is 4.79 Å². The Kier molecular flexibility index (Phi) is 4.86. The van der Waals surface area contributed by atoms with Crippen LogP contribution < -0.4 is 15.0 Å². The Morgan fingerprint density at radius 3 is 2.56 bits per heavy atom. The number of hydrogen-bond acceptors (Lipinski definition) is 3. The van der Waals surface area contributed by atoms with Gasteiger partial charge in [0.15, 0.2) is 0 Å². The minimum atomic E-state index is -0.503. The molecule has 1 aliphatic heterocycles. The molecule has 0 saturated carbocycles. The van der Waals surface area contributed by atoms with Gasteiger partial charge in [-0.2, -0.15) is 0 Å². The Hall–Kier alpha value is -3.05. The standard InChI is InChI=1S/C19H15ClN2O3/c1-25-16-10-8-13(9-11-16)4-2-7-17-18(23)22(19(24)21-17)15-6-3-5-14(20)12-15/h2-12H,1H3,(H,21,24)/b4-2+,17-7-. The smallest absolute Gasteiger partial charge is 0.333 e. The molecule has 3 rings (SSSR count). The van der Waals surface area contributed by atoms with Crippen molar-refractivity contribution in [3.05, 3.63) is 77.0 Å². The lowest BCUT2D eigenvalue weighted by molar-refractivity contribution is -0.113. The van der Waals surface area contributed by atoms with Crippen LogP contribution >= 0.6 is 11.6 Å². The molecule has 0 spiro atoms. The maximum Gasteiger partial charge on any atom is 0.333 e. The first kappa shape index (κ1) is 16.8. The number of amides is 3. The molecule has 6 heteroatoms. The molecule has 0 bridgehead atoms. The summed E-state index contributed by atoms with van der Waals surface area (Å²) in [4.78, 5) is 25.6. The van der Waals surface area contributed by atoms with Crippen molar-refractivity contribution in [1.29, 1.82) is 0 Å². The zero-order valence-corrected chi connectivity index (χ0v) is 14.2. The van der Waals surface area contributed by atoms with Crippen LogP contribution in [0.4, 0.5) is 10.5 Å². The Labute approximate surface area is 150 Å². The number of imide groups is 1. The van der Waals surface area contributed by atoms with Crippen LogP contribution in [0.25, 0.3) is 6.08 Å². The molecule has 1 saturated heterocycles. The molecule has 2 aromatic carbocycles. The highest BCUT2D eigenvalue weighted by Crippen LogP contribution is 2.24. The van der Waals surface area contributed by atoms with Crippen molar-refractivity contribution in [2.45, 2.75) is 0 Å². The van der Waals surface area contributed by atoms with Gasteiger partial charge < -0.3 is 10.1 Å². The molecule has 1 heterocycles. The summed E-state index contributed by atoms with van der Waals surface area (Å²) in [5.41, 5.74) is 1.58. The average molecular weight is 355 g/mol. The third-order valence-corrected chi connectivity index (χ3v) is 3.85. The summed E-state index contributed by atoms with van der Waals surface area (Å²) in [6.45, 7) is 0. The van der Waals surface area contributed by atoms with E-state index in [0.29, 0.717) is 10.7 Å². The zero-order chi connectivity index (χ0) is 17.8. The molecule has 5 nitrogen and oxygen atoms in total. The first-order valence-electron chi connectivity index (χ1n) is 7.52. The summed E-state index contributed by atoms with van der Waals surface area (Å²) >= 11 is 5.92. The molecule has 0 unspecified atom stereocenters. The monoisotopic (exact) mass is 354 g/mol. The maximum absolute atomic E-state index is 12.4. The van der Waals surface area contributed by atoms with E-state index in [4.69, 9.17) is 16.3 Å². The molecule has 1 fully saturated rings. The van der Waals surface area contributed by atoms with E-state index in [1.807, 2.05) is 30.3 Å². The predicted molar refractivity (Wildman–Crippen MR) is 97.6 cm³/mol. The number of benzene rings is 2. The normalized spacial score (nSPS) is 15.9. The molecule has 1 aliphatic rings. The lowest BCUT2D eigenvalue weighted by atomic mass is 10.2. The minimum Gasteiger partial charge on any atom is -0.497 e. The van der Waals surface area contributed by atoms with Gasteiger partial charge in [0.1, 0.15) is 11.4 Å². The van der Waals surface area contributed by atoms with Crippen LogP contribution in [0.1, 0.15) is 5.56 Å². The average Bonchev–Trinajstić information content (AvgIpc) is 2.89. The molecule has 3 amide bonds. The molecule has 0 radical (unpaired) electrons. The van der Waals surface area contributed by atoms with Gasteiger partial charge in [0.05, 0.1) is 12.8 Å². The van der Waals surface area contributed by atoms with E-state index in [-0.39, 0.29) is 5.70 Å². The minimum absolute atomic E-state index is 0.203. The second kappa shape index (κ2) is 7.23. The highest BCUT2D eigenvalue weighted by atomic mass is 35.5. The highest BCUT2D eigenvalue weighted by Gasteiger charge is 2.34. The second-order valence-corrected chi connectivity index (χ2v) is 5.70. The van der Waals surface area contributed by atoms with Crippen molar-refractivity contribution < 1.29 is 14.3 Å².